The highest BCUT2D eigenvalue weighted by Gasteiger charge is 2.27. The summed E-state index contributed by atoms with van der Waals surface area (Å²) < 4.78 is 27.4. The molecule has 2 aromatic carbocycles. The molecule has 0 spiro atoms. The second kappa shape index (κ2) is 9.08. The number of aryl methyl sites for hydroxylation is 1. The molecule has 162 valence electrons. The van der Waals surface area contributed by atoms with Crippen molar-refractivity contribution in [2.45, 2.75) is 31.1 Å². The van der Waals surface area contributed by atoms with E-state index in [1.54, 1.807) is 0 Å². The molecule has 9 heteroatoms. The third kappa shape index (κ3) is 4.82. The molecule has 1 aromatic heterocycles. The van der Waals surface area contributed by atoms with Crippen LogP contribution in [0.2, 0.25) is 5.02 Å². The van der Waals surface area contributed by atoms with Gasteiger partial charge >= 0.3 is 0 Å². The zero-order valence-electron chi connectivity index (χ0n) is 17.0. The van der Waals surface area contributed by atoms with Gasteiger partial charge in [0.25, 0.3) is 5.91 Å². The van der Waals surface area contributed by atoms with Gasteiger partial charge < -0.3 is 0 Å². The summed E-state index contributed by atoms with van der Waals surface area (Å²) in [5.74, 6) is -0.495. The molecule has 1 N–H and O–H groups in total. The maximum absolute atomic E-state index is 13.0. The lowest BCUT2D eigenvalue weighted by Gasteiger charge is -2.26. The minimum absolute atomic E-state index is 0.0726. The number of anilines is 1. The molecule has 0 atom stereocenters. The first-order chi connectivity index (χ1) is 14.8. The lowest BCUT2D eigenvalue weighted by atomic mass is 10.1. The number of benzene rings is 2. The van der Waals surface area contributed by atoms with E-state index in [0.29, 0.717) is 18.2 Å². The van der Waals surface area contributed by atoms with Crippen LogP contribution in [0, 0.1) is 6.92 Å². The first-order valence-corrected chi connectivity index (χ1v) is 12.7. The predicted molar refractivity (Wildman–Crippen MR) is 124 cm³/mol. The van der Waals surface area contributed by atoms with E-state index in [1.807, 2.05) is 36.6 Å². The van der Waals surface area contributed by atoms with Crippen molar-refractivity contribution in [2.24, 2.45) is 0 Å². The van der Waals surface area contributed by atoms with Gasteiger partial charge in [-0.2, -0.15) is 4.31 Å². The standard InChI is InChI=1S/C22H22ClN3O3S2/c1-15-5-7-16(8-6-15)20-14-30-22(24-20)25-21(27)18-13-17(9-10-19(18)23)31(28,29)26-11-3-2-4-12-26/h5-10,13-14H,2-4,11-12H2,1H3,(H,24,25,27). The minimum Gasteiger partial charge on any atom is -0.298 e. The zero-order valence-corrected chi connectivity index (χ0v) is 19.4. The quantitative estimate of drug-likeness (QED) is 0.550. The smallest absolute Gasteiger partial charge is 0.259 e. The molecule has 31 heavy (non-hydrogen) atoms. The molecule has 6 nitrogen and oxygen atoms in total. The Morgan fingerprint density at radius 3 is 2.52 bits per heavy atom. The fraction of sp³-hybridized carbons (Fsp3) is 0.273. The summed E-state index contributed by atoms with van der Waals surface area (Å²) in [7, 11) is -3.66. The van der Waals surface area contributed by atoms with Gasteiger partial charge in [-0.1, -0.05) is 47.9 Å². The SMILES string of the molecule is Cc1ccc(-c2csc(NC(=O)c3cc(S(=O)(=O)N4CCCCC4)ccc3Cl)n2)cc1. The summed E-state index contributed by atoms with van der Waals surface area (Å²) >= 11 is 7.52. The highest BCUT2D eigenvalue weighted by atomic mass is 35.5. The molecule has 1 saturated heterocycles. The van der Waals surface area contributed by atoms with Gasteiger partial charge in [0.2, 0.25) is 10.0 Å². The fourth-order valence-electron chi connectivity index (χ4n) is 3.45. The normalized spacial score (nSPS) is 15.0. The largest absolute Gasteiger partial charge is 0.298 e. The van der Waals surface area contributed by atoms with Gasteiger partial charge in [0, 0.05) is 24.0 Å². The molecule has 0 bridgehead atoms. The lowest BCUT2D eigenvalue weighted by molar-refractivity contribution is 0.102. The van der Waals surface area contributed by atoms with Crippen LogP contribution >= 0.6 is 22.9 Å². The Balaban J connectivity index is 1.55. The van der Waals surface area contributed by atoms with Crippen molar-refractivity contribution < 1.29 is 13.2 Å². The van der Waals surface area contributed by atoms with Crippen LogP contribution in [0.1, 0.15) is 35.2 Å². The van der Waals surface area contributed by atoms with Crippen molar-refractivity contribution in [1.82, 2.24) is 9.29 Å². The number of hydrogen-bond donors (Lipinski definition) is 1. The number of aromatic nitrogens is 1. The van der Waals surface area contributed by atoms with Crippen molar-refractivity contribution in [3.05, 3.63) is 64.0 Å². The van der Waals surface area contributed by atoms with Crippen LogP contribution in [0.5, 0.6) is 0 Å². The molecule has 1 fully saturated rings. The van der Waals surface area contributed by atoms with Gasteiger partial charge in [-0.05, 0) is 38.0 Å². The van der Waals surface area contributed by atoms with Gasteiger partial charge in [0.05, 0.1) is 21.2 Å². The minimum atomic E-state index is -3.66. The number of rotatable bonds is 5. The number of thiazole rings is 1. The van der Waals surface area contributed by atoms with E-state index < -0.39 is 15.9 Å². The first-order valence-electron chi connectivity index (χ1n) is 9.98. The molecule has 1 aliphatic heterocycles. The molecular formula is C22H22ClN3O3S2. The average molecular weight is 476 g/mol. The summed E-state index contributed by atoms with van der Waals surface area (Å²) in [6.07, 6.45) is 2.71. The van der Waals surface area contributed by atoms with Crippen molar-refractivity contribution in [3.63, 3.8) is 0 Å². The molecule has 3 aromatic rings. The van der Waals surface area contributed by atoms with E-state index in [9.17, 15) is 13.2 Å². The van der Waals surface area contributed by atoms with Crippen LogP contribution in [-0.2, 0) is 10.0 Å². The Kier molecular flexibility index (Phi) is 6.43. The zero-order chi connectivity index (χ0) is 22.0. The molecule has 1 aliphatic rings. The molecule has 0 radical (unpaired) electrons. The number of piperidine rings is 1. The van der Waals surface area contributed by atoms with Crippen molar-refractivity contribution in [2.75, 3.05) is 18.4 Å². The fourth-order valence-corrected chi connectivity index (χ4v) is 5.91. The molecule has 1 amide bonds. The monoisotopic (exact) mass is 475 g/mol. The van der Waals surface area contributed by atoms with Crippen LogP contribution in [-0.4, -0.2) is 36.7 Å². The van der Waals surface area contributed by atoms with Crippen molar-refractivity contribution in [1.29, 1.82) is 0 Å². The maximum atomic E-state index is 13.0. The summed E-state index contributed by atoms with van der Waals surface area (Å²) in [5, 5.41) is 5.20. The second-order valence-corrected chi connectivity index (χ2v) is 10.7. The number of carbonyl (C=O) groups is 1. The number of nitrogens with zero attached hydrogens (tertiary/aromatic N) is 2. The number of sulfonamides is 1. The van der Waals surface area contributed by atoms with E-state index >= 15 is 0 Å². The topological polar surface area (TPSA) is 79.4 Å². The second-order valence-electron chi connectivity index (χ2n) is 7.46. The Morgan fingerprint density at radius 2 is 1.81 bits per heavy atom. The highest BCUT2D eigenvalue weighted by Crippen LogP contribution is 2.28. The molecular weight excluding hydrogens is 454 g/mol. The Morgan fingerprint density at radius 1 is 1.10 bits per heavy atom. The molecule has 0 saturated carbocycles. The van der Waals surface area contributed by atoms with Gasteiger partial charge in [0.1, 0.15) is 0 Å². The van der Waals surface area contributed by atoms with Crippen molar-refractivity contribution >= 4 is 44.0 Å². The van der Waals surface area contributed by atoms with E-state index in [1.165, 1.54) is 33.8 Å². The van der Waals surface area contributed by atoms with E-state index in [2.05, 4.69) is 10.3 Å². The maximum Gasteiger partial charge on any atom is 0.259 e. The van der Waals surface area contributed by atoms with E-state index in [4.69, 9.17) is 11.6 Å². The number of amides is 1. The third-order valence-electron chi connectivity index (χ3n) is 5.21. The number of halogens is 1. The summed E-state index contributed by atoms with van der Waals surface area (Å²) in [6, 6.07) is 12.2. The van der Waals surface area contributed by atoms with E-state index in [-0.39, 0.29) is 15.5 Å². The highest BCUT2D eigenvalue weighted by molar-refractivity contribution is 7.89. The molecule has 2 heterocycles. The van der Waals surface area contributed by atoms with Gasteiger partial charge in [0.15, 0.2) is 5.13 Å². The lowest BCUT2D eigenvalue weighted by Crippen LogP contribution is -2.35. The summed E-state index contributed by atoms with van der Waals surface area (Å²) in [4.78, 5) is 17.4. The van der Waals surface area contributed by atoms with Crippen LogP contribution in [0.3, 0.4) is 0 Å². The molecule has 4 rings (SSSR count). The van der Waals surface area contributed by atoms with Crippen LogP contribution < -0.4 is 5.32 Å². The van der Waals surface area contributed by atoms with E-state index in [0.717, 1.165) is 36.1 Å². The Labute approximate surface area is 190 Å². The van der Waals surface area contributed by atoms with Gasteiger partial charge in [-0.3, -0.25) is 10.1 Å². The number of nitrogens with one attached hydrogen (secondary N) is 1. The number of hydrogen-bond acceptors (Lipinski definition) is 5. The number of carbonyl (C=O) groups excluding carboxylic acids is 1. The Hall–Kier alpha value is -2.26. The van der Waals surface area contributed by atoms with Gasteiger partial charge in [-0.25, -0.2) is 13.4 Å². The predicted octanol–water partition coefficient (Wildman–Crippen LogP) is 5.20. The summed E-state index contributed by atoms with van der Waals surface area (Å²) in [6.45, 7) is 3.00. The van der Waals surface area contributed by atoms with Crippen LogP contribution in [0.15, 0.2) is 52.7 Å². The molecule has 0 unspecified atom stereocenters. The van der Waals surface area contributed by atoms with Gasteiger partial charge in [-0.15, -0.1) is 11.3 Å². The summed E-state index contributed by atoms with van der Waals surface area (Å²) in [5.41, 5.74) is 2.97. The van der Waals surface area contributed by atoms with Crippen LogP contribution in [0.25, 0.3) is 11.3 Å². The first kappa shape index (κ1) is 22.0. The Bertz CT molecular complexity index is 1200. The third-order valence-corrected chi connectivity index (χ3v) is 8.19. The average Bonchev–Trinajstić information content (AvgIpc) is 3.23. The van der Waals surface area contributed by atoms with Crippen molar-refractivity contribution in [3.8, 4) is 11.3 Å². The van der Waals surface area contributed by atoms with Crippen LogP contribution in [0.4, 0.5) is 5.13 Å². The molecule has 0 aliphatic carbocycles.